The van der Waals surface area contributed by atoms with Gasteiger partial charge in [0.15, 0.2) is 0 Å². The molecule has 10 heteroatoms. The van der Waals surface area contributed by atoms with Crippen molar-refractivity contribution in [2.45, 2.75) is 50.8 Å². The Morgan fingerprint density at radius 1 is 0.886 bits per heavy atom. The molecule has 0 bridgehead atoms. The average molecular weight is 617 g/mol. The first-order valence-electron chi connectivity index (χ1n) is 15.8. The summed E-state index contributed by atoms with van der Waals surface area (Å²) < 4.78 is 40.4. The lowest BCUT2D eigenvalue weighted by Crippen LogP contribution is -2.51. The molecule has 1 fully saturated rings. The van der Waals surface area contributed by atoms with Crippen molar-refractivity contribution in [2.24, 2.45) is 5.92 Å². The number of ether oxygens (including phenoxy) is 7. The zero-order valence-corrected chi connectivity index (χ0v) is 26.9. The Morgan fingerprint density at radius 3 is 2.39 bits per heavy atom. The maximum Gasteiger partial charge on any atom is 0.142 e. The predicted octanol–water partition coefficient (Wildman–Crippen LogP) is 3.39. The number of hydrogen-bond acceptors (Lipinski definition) is 10. The van der Waals surface area contributed by atoms with Gasteiger partial charge >= 0.3 is 0 Å². The summed E-state index contributed by atoms with van der Waals surface area (Å²) in [4.78, 5) is 2.37. The first-order valence-corrected chi connectivity index (χ1v) is 15.8. The van der Waals surface area contributed by atoms with Crippen LogP contribution in [0.4, 0.5) is 5.69 Å². The first kappa shape index (κ1) is 34.6. The predicted molar refractivity (Wildman–Crippen MR) is 170 cm³/mol. The summed E-state index contributed by atoms with van der Waals surface area (Å²) in [6.07, 6.45) is -0.0305. The number of hydrogen-bond donors (Lipinski definition) is 2. The highest BCUT2D eigenvalue weighted by Crippen LogP contribution is 2.34. The summed E-state index contributed by atoms with van der Waals surface area (Å²) >= 11 is 0. The summed E-state index contributed by atoms with van der Waals surface area (Å²) in [6, 6.07) is 14.9. The number of methoxy groups -OCH3 is 3. The van der Waals surface area contributed by atoms with E-state index in [4.69, 9.17) is 33.2 Å². The first-order chi connectivity index (χ1) is 21.5. The normalized spacial score (nSPS) is 21.5. The monoisotopic (exact) mass is 616 g/mol. The van der Waals surface area contributed by atoms with E-state index in [1.807, 2.05) is 6.07 Å². The SMILES string of the molecule is COCCCN1CCOc2ccc(CO[C@H]3CNC[C@@H](OCC(O)COC)[C@@H]3c3ccc(COC[C@@H](C)COC)cc3)cc21. The number of aliphatic hydroxyl groups excluding tert-OH is 1. The van der Waals surface area contributed by atoms with E-state index in [0.29, 0.717) is 52.0 Å². The van der Waals surface area contributed by atoms with E-state index in [1.54, 1.807) is 21.3 Å². The molecule has 246 valence electrons. The van der Waals surface area contributed by atoms with Crippen LogP contribution >= 0.6 is 0 Å². The summed E-state index contributed by atoms with van der Waals surface area (Å²) in [7, 11) is 5.03. The van der Waals surface area contributed by atoms with E-state index in [2.05, 4.69) is 53.5 Å². The molecule has 2 aromatic rings. The van der Waals surface area contributed by atoms with Gasteiger partial charge in [0.05, 0.1) is 64.1 Å². The molecular weight excluding hydrogens is 564 g/mol. The molecule has 2 aromatic carbocycles. The van der Waals surface area contributed by atoms with Gasteiger partial charge < -0.3 is 48.5 Å². The van der Waals surface area contributed by atoms with Crippen molar-refractivity contribution in [2.75, 3.05) is 92.0 Å². The minimum Gasteiger partial charge on any atom is -0.490 e. The molecule has 0 spiro atoms. The van der Waals surface area contributed by atoms with Crippen LogP contribution in [0.2, 0.25) is 0 Å². The van der Waals surface area contributed by atoms with Crippen molar-refractivity contribution in [3.8, 4) is 5.75 Å². The van der Waals surface area contributed by atoms with Crippen LogP contribution in [0.5, 0.6) is 5.75 Å². The lowest BCUT2D eigenvalue weighted by Gasteiger charge is -2.39. The second-order valence-corrected chi connectivity index (χ2v) is 11.8. The van der Waals surface area contributed by atoms with Gasteiger partial charge in [-0.25, -0.2) is 0 Å². The number of nitrogens with zero attached hydrogens (tertiary/aromatic N) is 1. The van der Waals surface area contributed by atoms with Gasteiger partial charge in [0.1, 0.15) is 18.5 Å². The molecule has 2 aliphatic heterocycles. The quantitative estimate of drug-likeness (QED) is 0.229. The molecule has 2 heterocycles. The molecular formula is C34H52N2O8. The van der Waals surface area contributed by atoms with E-state index in [9.17, 15) is 5.11 Å². The van der Waals surface area contributed by atoms with Gasteiger partial charge in [-0.15, -0.1) is 0 Å². The molecule has 0 radical (unpaired) electrons. The molecule has 0 aliphatic carbocycles. The third-order valence-corrected chi connectivity index (χ3v) is 8.06. The summed E-state index contributed by atoms with van der Waals surface area (Å²) in [5, 5.41) is 13.8. The van der Waals surface area contributed by atoms with E-state index in [1.165, 1.54) is 0 Å². The standard InChI is InChI=1S/C34H52N2O8/c1-25(19-39-3)20-41-21-26-6-9-28(10-7-26)34-32(17-35-18-33(34)44-24-29(37)23-40-4)43-22-27-8-11-31-30(16-27)36(13-15-42-31)12-5-14-38-2/h6-11,16,25,29,32-35,37H,5,12-15,17-24H2,1-4H3/t25-,29?,32-,33+,34+/m0/s1. The third kappa shape index (κ3) is 10.4. The van der Waals surface area contributed by atoms with Crippen LogP contribution in [0.25, 0.3) is 0 Å². The van der Waals surface area contributed by atoms with Crippen LogP contribution in [-0.4, -0.2) is 111 Å². The molecule has 10 nitrogen and oxygen atoms in total. The van der Waals surface area contributed by atoms with Crippen LogP contribution in [0.15, 0.2) is 42.5 Å². The number of rotatable bonds is 19. The Hall–Kier alpha value is -2.28. The fourth-order valence-corrected chi connectivity index (χ4v) is 5.88. The Labute approximate surface area is 262 Å². The Morgan fingerprint density at radius 2 is 1.64 bits per heavy atom. The Bertz CT molecular complexity index is 1090. The summed E-state index contributed by atoms with van der Waals surface area (Å²) in [5.41, 5.74) is 4.46. The van der Waals surface area contributed by atoms with E-state index < -0.39 is 6.10 Å². The summed E-state index contributed by atoms with van der Waals surface area (Å²) in [6.45, 7) is 9.45. The highest BCUT2D eigenvalue weighted by molar-refractivity contribution is 5.61. The van der Waals surface area contributed by atoms with Gasteiger partial charge in [-0.2, -0.15) is 0 Å². The highest BCUT2D eigenvalue weighted by atomic mass is 16.5. The number of anilines is 1. The Balaban J connectivity index is 1.45. The van der Waals surface area contributed by atoms with Crippen LogP contribution < -0.4 is 15.0 Å². The van der Waals surface area contributed by atoms with Gasteiger partial charge in [-0.1, -0.05) is 37.3 Å². The Kier molecular flexibility index (Phi) is 14.6. The molecule has 2 N–H and O–H groups in total. The second kappa shape index (κ2) is 18.6. The zero-order chi connectivity index (χ0) is 31.1. The molecule has 1 saturated heterocycles. The molecule has 0 saturated carbocycles. The van der Waals surface area contributed by atoms with Gasteiger partial charge in [-0.3, -0.25) is 0 Å². The van der Waals surface area contributed by atoms with Gasteiger partial charge in [0.2, 0.25) is 0 Å². The van der Waals surface area contributed by atoms with Crippen LogP contribution in [0.3, 0.4) is 0 Å². The fourth-order valence-electron chi connectivity index (χ4n) is 5.88. The average Bonchev–Trinajstić information content (AvgIpc) is 3.03. The zero-order valence-electron chi connectivity index (χ0n) is 26.9. The molecule has 5 atom stereocenters. The van der Waals surface area contributed by atoms with Crippen LogP contribution in [0, 0.1) is 5.92 Å². The van der Waals surface area contributed by atoms with Gasteiger partial charge in [0, 0.05) is 59.4 Å². The smallest absolute Gasteiger partial charge is 0.142 e. The highest BCUT2D eigenvalue weighted by Gasteiger charge is 2.36. The van der Waals surface area contributed by atoms with Crippen molar-refractivity contribution in [3.63, 3.8) is 0 Å². The van der Waals surface area contributed by atoms with Crippen molar-refractivity contribution < 1.29 is 38.3 Å². The van der Waals surface area contributed by atoms with Crippen molar-refractivity contribution >= 4 is 5.69 Å². The minimum absolute atomic E-state index is 0.0193. The molecule has 1 unspecified atom stereocenters. The van der Waals surface area contributed by atoms with E-state index >= 15 is 0 Å². The topological polar surface area (TPSA) is 100 Å². The third-order valence-electron chi connectivity index (χ3n) is 8.06. The molecule has 0 aromatic heterocycles. The molecule has 4 rings (SSSR count). The number of aliphatic hydroxyl groups is 1. The fraction of sp³-hybridized carbons (Fsp3) is 0.647. The summed E-state index contributed by atoms with van der Waals surface area (Å²) in [5.74, 6) is 1.24. The minimum atomic E-state index is -0.688. The van der Waals surface area contributed by atoms with Crippen LogP contribution in [0.1, 0.15) is 36.0 Å². The molecule has 0 amide bonds. The number of nitrogens with one attached hydrogen (secondary N) is 1. The van der Waals surface area contributed by atoms with Gasteiger partial charge in [-0.05, 0) is 35.2 Å². The lowest BCUT2D eigenvalue weighted by atomic mass is 9.85. The largest absolute Gasteiger partial charge is 0.490 e. The molecule has 2 aliphatic rings. The van der Waals surface area contributed by atoms with E-state index in [0.717, 1.165) is 54.2 Å². The maximum absolute atomic E-state index is 10.3. The molecule has 44 heavy (non-hydrogen) atoms. The van der Waals surface area contributed by atoms with Crippen molar-refractivity contribution in [1.82, 2.24) is 5.32 Å². The van der Waals surface area contributed by atoms with E-state index in [-0.39, 0.29) is 31.3 Å². The van der Waals surface area contributed by atoms with Gasteiger partial charge in [0.25, 0.3) is 0 Å². The lowest BCUT2D eigenvalue weighted by molar-refractivity contribution is -0.0856. The second-order valence-electron chi connectivity index (χ2n) is 11.8. The van der Waals surface area contributed by atoms with Crippen molar-refractivity contribution in [1.29, 1.82) is 0 Å². The number of fused-ring (bicyclic) bond motifs is 1. The number of benzene rings is 2. The maximum atomic E-state index is 10.3. The van der Waals surface area contributed by atoms with Crippen molar-refractivity contribution in [3.05, 3.63) is 59.2 Å². The van der Waals surface area contributed by atoms with Crippen LogP contribution in [-0.2, 0) is 41.6 Å². The number of piperidine rings is 1.